The molecule has 4 heteroatoms. The molecule has 0 bridgehead atoms. The Morgan fingerprint density at radius 2 is 1.79 bits per heavy atom. The van der Waals surface area contributed by atoms with Crippen molar-refractivity contribution in [2.24, 2.45) is 5.73 Å². The second kappa shape index (κ2) is 7.06. The van der Waals surface area contributed by atoms with Crippen LogP contribution in [0.2, 0.25) is 5.02 Å². The second-order valence-corrected chi connectivity index (χ2v) is 5.47. The molecule has 0 aromatic heterocycles. The van der Waals surface area contributed by atoms with Gasteiger partial charge in [0.2, 0.25) is 0 Å². The Hall–Kier alpha value is -0.870. The molecule has 19 heavy (non-hydrogen) atoms. The standard InChI is InChI=1S/C15H15BrClNO/c16-14-4-2-1-3-12(14)10-19-15(9-18)11-5-7-13(17)8-6-11/h1-8,15H,9-10,18H2. The summed E-state index contributed by atoms with van der Waals surface area (Å²) in [4.78, 5) is 0. The molecule has 0 aliphatic heterocycles. The molecule has 0 amide bonds. The van der Waals surface area contributed by atoms with Gasteiger partial charge < -0.3 is 10.5 Å². The lowest BCUT2D eigenvalue weighted by Gasteiger charge is -2.17. The van der Waals surface area contributed by atoms with Gasteiger partial charge in [-0.05, 0) is 29.3 Å². The van der Waals surface area contributed by atoms with Crippen LogP contribution in [-0.2, 0) is 11.3 Å². The van der Waals surface area contributed by atoms with Crippen molar-refractivity contribution in [3.8, 4) is 0 Å². The predicted molar refractivity (Wildman–Crippen MR) is 82.2 cm³/mol. The predicted octanol–water partition coefficient (Wildman–Crippen LogP) is 4.32. The van der Waals surface area contributed by atoms with Gasteiger partial charge in [0, 0.05) is 16.0 Å². The molecule has 0 saturated heterocycles. The van der Waals surface area contributed by atoms with Gasteiger partial charge in [0.1, 0.15) is 0 Å². The highest BCUT2D eigenvalue weighted by atomic mass is 79.9. The summed E-state index contributed by atoms with van der Waals surface area (Å²) in [5, 5.41) is 0.713. The first-order chi connectivity index (χ1) is 9.20. The van der Waals surface area contributed by atoms with Crippen LogP contribution >= 0.6 is 27.5 Å². The Morgan fingerprint density at radius 3 is 2.42 bits per heavy atom. The molecule has 2 aromatic rings. The van der Waals surface area contributed by atoms with Crippen molar-refractivity contribution in [2.75, 3.05) is 6.54 Å². The average Bonchev–Trinajstić information content (AvgIpc) is 2.43. The number of nitrogens with two attached hydrogens (primary N) is 1. The lowest BCUT2D eigenvalue weighted by molar-refractivity contribution is 0.0453. The molecule has 1 atom stereocenters. The van der Waals surface area contributed by atoms with Crippen LogP contribution in [-0.4, -0.2) is 6.54 Å². The van der Waals surface area contributed by atoms with Gasteiger partial charge in [-0.25, -0.2) is 0 Å². The summed E-state index contributed by atoms with van der Waals surface area (Å²) in [5.74, 6) is 0. The van der Waals surface area contributed by atoms with Crippen molar-refractivity contribution in [3.05, 3.63) is 69.2 Å². The molecular formula is C15H15BrClNO. The van der Waals surface area contributed by atoms with Crippen molar-refractivity contribution in [1.82, 2.24) is 0 Å². The Balaban J connectivity index is 2.04. The number of hydrogen-bond donors (Lipinski definition) is 1. The first-order valence-electron chi connectivity index (χ1n) is 6.01. The Kier molecular flexibility index (Phi) is 5.40. The molecule has 0 saturated carbocycles. The third kappa shape index (κ3) is 4.05. The Morgan fingerprint density at radius 1 is 1.11 bits per heavy atom. The fraction of sp³-hybridized carbons (Fsp3) is 0.200. The van der Waals surface area contributed by atoms with E-state index in [9.17, 15) is 0 Å². The molecule has 0 aliphatic rings. The van der Waals surface area contributed by atoms with Crippen molar-refractivity contribution in [3.63, 3.8) is 0 Å². The van der Waals surface area contributed by atoms with Gasteiger partial charge in [0.25, 0.3) is 0 Å². The molecule has 2 rings (SSSR count). The first kappa shape index (κ1) is 14.5. The SMILES string of the molecule is NCC(OCc1ccccc1Br)c1ccc(Cl)cc1. The molecule has 0 heterocycles. The molecule has 0 aliphatic carbocycles. The highest BCUT2D eigenvalue weighted by Gasteiger charge is 2.11. The number of hydrogen-bond acceptors (Lipinski definition) is 2. The average molecular weight is 341 g/mol. The minimum Gasteiger partial charge on any atom is -0.367 e. The highest BCUT2D eigenvalue weighted by Crippen LogP contribution is 2.23. The quantitative estimate of drug-likeness (QED) is 0.880. The fourth-order valence-corrected chi connectivity index (χ4v) is 2.31. The topological polar surface area (TPSA) is 35.2 Å². The number of ether oxygens (including phenoxy) is 1. The van der Waals surface area contributed by atoms with E-state index in [1.165, 1.54) is 0 Å². The normalized spacial score (nSPS) is 12.4. The summed E-state index contributed by atoms with van der Waals surface area (Å²) in [7, 11) is 0. The third-order valence-electron chi connectivity index (χ3n) is 2.85. The molecule has 0 radical (unpaired) electrons. The van der Waals surface area contributed by atoms with Gasteiger partial charge in [-0.15, -0.1) is 0 Å². The van der Waals surface area contributed by atoms with Crippen molar-refractivity contribution < 1.29 is 4.74 Å². The van der Waals surface area contributed by atoms with Crippen LogP contribution in [0.5, 0.6) is 0 Å². The van der Waals surface area contributed by atoms with Gasteiger partial charge in [0.05, 0.1) is 12.7 Å². The largest absolute Gasteiger partial charge is 0.367 e. The van der Waals surface area contributed by atoms with E-state index in [-0.39, 0.29) is 6.10 Å². The van der Waals surface area contributed by atoms with E-state index in [4.69, 9.17) is 22.1 Å². The van der Waals surface area contributed by atoms with E-state index in [0.717, 1.165) is 15.6 Å². The van der Waals surface area contributed by atoms with Crippen LogP contribution in [0.15, 0.2) is 53.0 Å². The summed E-state index contributed by atoms with van der Waals surface area (Å²) >= 11 is 9.38. The van der Waals surface area contributed by atoms with Crippen molar-refractivity contribution in [2.45, 2.75) is 12.7 Å². The smallest absolute Gasteiger partial charge is 0.0951 e. The van der Waals surface area contributed by atoms with E-state index in [1.54, 1.807) is 0 Å². The minimum atomic E-state index is -0.121. The van der Waals surface area contributed by atoms with Gasteiger partial charge in [-0.3, -0.25) is 0 Å². The van der Waals surface area contributed by atoms with Gasteiger partial charge >= 0.3 is 0 Å². The van der Waals surface area contributed by atoms with E-state index < -0.39 is 0 Å². The van der Waals surface area contributed by atoms with Gasteiger partial charge in [-0.2, -0.15) is 0 Å². The second-order valence-electron chi connectivity index (χ2n) is 4.18. The highest BCUT2D eigenvalue weighted by molar-refractivity contribution is 9.10. The van der Waals surface area contributed by atoms with Crippen LogP contribution in [0.4, 0.5) is 0 Å². The first-order valence-corrected chi connectivity index (χ1v) is 7.18. The van der Waals surface area contributed by atoms with Gasteiger partial charge in [0.15, 0.2) is 0 Å². The lowest BCUT2D eigenvalue weighted by Crippen LogP contribution is -2.15. The monoisotopic (exact) mass is 339 g/mol. The third-order valence-corrected chi connectivity index (χ3v) is 3.88. The zero-order valence-corrected chi connectivity index (χ0v) is 12.7. The number of rotatable bonds is 5. The summed E-state index contributed by atoms with van der Waals surface area (Å²) in [5.41, 5.74) is 7.92. The zero-order chi connectivity index (χ0) is 13.7. The molecule has 1 unspecified atom stereocenters. The zero-order valence-electron chi connectivity index (χ0n) is 10.4. The fourth-order valence-electron chi connectivity index (χ4n) is 1.78. The Bertz CT molecular complexity index is 530. The van der Waals surface area contributed by atoms with Crippen LogP contribution in [0.25, 0.3) is 0 Å². The van der Waals surface area contributed by atoms with E-state index in [0.29, 0.717) is 18.2 Å². The lowest BCUT2D eigenvalue weighted by atomic mass is 10.1. The summed E-state index contributed by atoms with van der Waals surface area (Å²) < 4.78 is 6.93. The maximum absolute atomic E-state index is 5.89. The number of halogens is 2. The van der Waals surface area contributed by atoms with Crippen LogP contribution in [0, 0.1) is 0 Å². The summed E-state index contributed by atoms with van der Waals surface area (Å²) in [6.07, 6.45) is -0.121. The molecule has 100 valence electrons. The maximum atomic E-state index is 5.89. The summed E-state index contributed by atoms with van der Waals surface area (Å²) in [6, 6.07) is 15.6. The van der Waals surface area contributed by atoms with Crippen LogP contribution in [0.1, 0.15) is 17.2 Å². The minimum absolute atomic E-state index is 0.121. The molecular weight excluding hydrogens is 326 g/mol. The molecule has 0 fully saturated rings. The molecule has 2 nitrogen and oxygen atoms in total. The Labute approximate surface area is 126 Å². The van der Waals surface area contributed by atoms with Crippen molar-refractivity contribution in [1.29, 1.82) is 0 Å². The number of benzene rings is 2. The molecule has 2 N–H and O–H groups in total. The molecule has 2 aromatic carbocycles. The maximum Gasteiger partial charge on any atom is 0.0951 e. The van der Waals surface area contributed by atoms with Crippen LogP contribution in [0.3, 0.4) is 0 Å². The van der Waals surface area contributed by atoms with Crippen molar-refractivity contribution >= 4 is 27.5 Å². The van der Waals surface area contributed by atoms with E-state index in [2.05, 4.69) is 15.9 Å². The van der Waals surface area contributed by atoms with E-state index >= 15 is 0 Å². The van der Waals surface area contributed by atoms with Crippen LogP contribution < -0.4 is 5.73 Å². The van der Waals surface area contributed by atoms with Gasteiger partial charge in [-0.1, -0.05) is 57.9 Å². The van der Waals surface area contributed by atoms with E-state index in [1.807, 2.05) is 48.5 Å². The molecule has 0 spiro atoms. The summed E-state index contributed by atoms with van der Waals surface area (Å²) in [6.45, 7) is 0.956.